The molecular weight excluding hydrogens is 166 g/mol. The Morgan fingerprint density at radius 1 is 1.42 bits per heavy atom. The van der Waals surface area contributed by atoms with Gasteiger partial charge in [-0.3, -0.25) is 0 Å². The zero-order valence-corrected chi connectivity index (χ0v) is 8.40. The summed E-state index contributed by atoms with van der Waals surface area (Å²) in [5.41, 5.74) is 7.09. The number of benzene rings is 1. The van der Waals surface area contributed by atoms with Crippen LogP contribution in [-0.4, -0.2) is 5.75 Å². The Labute approximate surface area is 78.4 Å². The van der Waals surface area contributed by atoms with E-state index in [1.54, 1.807) is 0 Å². The highest BCUT2D eigenvalue weighted by Crippen LogP contribution is 2.25. The van der Waals surface area contributed by atoms with Crippen molar-refractivity contribution in [2.24, 2.45) is 5.73 Å². The highest BCUT2D eigenvalue weighted by Gasteiger charge is 2.04. The molecule has 1 rings (SSSR count). The average molecular weight is 181 g/mol. The van der Waals surface area contributed by atoms with Gasteiger partial charge in [-0.1, -0.05) is 25.1 Å². The first-order valence-corrected chi connectivity index (χ1v) is 5.21. The quantitative estimate of drug-likeness (QED) is 0.726. The smallest absolute Gasteiger partial charge is 0.0277 e. The lowest BCUT2D eigenvalue weighted by molar-refractivity contribution is 0.797. The van der Waals surface area contributed by atoms with E-state index < -0.39 is 0 Å². The SMILES string of the molecule is CCSc1ccccc1[C@H](C)N. The van der Waals surface area contributed by atoms with Gasteiger partial charge in [-0.25, -0.2) is 0 Å². The predicted octanol–water partition coefficient (Wildman–Crippen LogP) is 2.82. The largest absolute Gasteiger partial charge is 0.324 e. The van der Waals surface area contributed by atoms with Gasteiger partial charge in [-0.2, -0.15) is 0 Å². The second-order valence-corrected chi connectivity index (χ2v) is 4.07. The molecule has 0 unspecified atom stereocenters. The summed E-state index contributed by atoms with van der Waals surface area (Å²) in [7, 11) is 0. The highest BCUT2D eigenvalue weighted by molar-refractivity contribution is 7.99. The average Bonchev–Trinajstić information content (AvgIpc) is 2.05. The van der Waals surface area contributed by atoms with Gasteiger partial charge in [0.1, 0.15) is 0 Å². The van der Waals surface area contributed by atoms with Crippen molar-refractivity contribution in [2.75, 3.05) is 5.75 Å². The summed E-state index contributed by atoms with van der Waals surface area (Å²) in [6, 6.07) is 8.47. The fraction of sp³-hybridized carbons (Fsp3) is 0.400. The van der Waals surface area contributed by atoms with Crippen molar-refractivity contribution >= 4 is 11.8 Å². The van der Waals surface area contributed by atoms with E-state index >= 15 is 0 Å². The van der Waals surface area contributed by atoms with Gasteiger partial charge in [0, 0.05) is 10.9 Å². The molecule has 0 aliphatic carbocycles. The van der Waals surface area contributed by atoms with E-state index in [4.69, 9.17) is 5.73 Å². The Bertz CT molecular complexity index is 245. The molecule has 66 valence electrons. The first kappa shape index (κ1) is 9.62. The van der Waals surface area contributed by atoms with Gasteiger partial charge in [-0.15, -0.1) is 11.8 Å². The van der Waals surface area contributed by atoms with E-state index in [0.717, 1.165) is 5.75 Å². The van der Waals surface area contributed by atoms with Gasteiger partial charge in [0.25, 0.3) is 0 Å². The first-order chi connectivity index (χ1) is 5.75. The molecule has 0 heterocycles. The molecule has 1 atom stereocenters. The Morgan fingerprint density at radius 3 is 2.67 bits per heavy atom. The van der Waals surface area contributed by atoms with Crippen LogP contribution < -0.4 is 5.73 Å². The van der Waals surface area contributed by atoms with Gasteiger partial charge < -0.3 is 5.73 Å². The van der Waals surface area contributed by atoms with Crippen LogP contribution in [0.1, 0.15) is 25.5 Å². The molecule has 0 bridgehead atoms. The minimum atomic E-state index is 0.139. The maximum atomic E-state index is 5.83. The van der Waals surface area contributed by atoms with Crippen molar-refractivity contribution in [3.05, 3.63) is 29.8 Å². The van der Waals surface area contributed by atoms with Crippen LogP contribution in [0.5, 0.6) is 0 Å². The van der Waals surface area contributed by atoms with Crippen molar-refractivity contribution in [3.8, 4) is 0 Å². The van der Waals surface area contributed by atoms with Crippen LogP contribution in [0.4, 0.5) is 0 Å². The number of hydrogen-bond donors (Lipinski definition) is 1. The lowest BCUT2D eigenvalue weighted by atomic mass is 10.1. The fourth-order valence-electron chi connectivity index (χ4n) is 1.14. The highest BCUT2D eigenvalue weighted by atomic mass is 32.2. The Hall–Kier alpha value is -0.470. The molecule has 1 aromatic carbocycles. The van der Waals surface area contributed by atoms with Crippen LogP contribution in [0, 0.1) is 0 Å². The minimum absolute atomic E-state index is 0.139. The normalized spacial score (nSPS) is 12.9. The maximum absolute atomic E-state index is 5.83. The van der Waals surface area contributed by atoms with Gasteiger partial charge >= 0.3 is 0 Å². The standard InChI is InChI=1S/C10H15NS/c1-3-12-10-7-5-4-6-9(10)8(2)11/h4-8H,3,11H2,1-2H3/t8-/m0/s1. The summed E-state index contributed by atoms with van der Waals surface area (Å²) in [6.45, 7) is 4.18. The van der Waals surface area contributed by atoms with Crippen LogP contribution >= 0.6 is 11.8 Å². The molecule has 0 fully saturated rings. The third-order valence-electron chi connectivity index (χ3n) is 1.71. The predicted molar refractivity (Wildman–Crippen MR) is 55.4 cm³/mol. The monoisotopic (exact) mass is 181 g/mol. The molecule has 1 aromatic rings. The lowest BCUT2D eigenvalue weighted by Crippen LogP contribution is -2.05. The van der Waals surface area contributed by atoms with Crippen molar-refractivity contribution in [1.82, 2.24) is 0 Å². The van der Waals surface area contributed by atoms with Crippen LogP contribution in [0.3, 0.4) is 0 Å². The summed E-state index contributed by atoms with van der Waals surface area (Å²) in [5.74, 6) is 1.10. The third kappa shape index (κ3) is 2.26. The summed E-state index contributed by atoms with van der Waals surface area (Å²) in [6.07, 6.45) is 0. The zero-order valence-electron chi connectivity index (χ0n) is 7.58. The van der Waals surface area contributed by atoms with E-state index in [1.807, 2.05) is 24.8 Å². The molecular formula is C10H15NS. The Kier molecular flexibility index (Phi) is 3.63. The fourth-order valence-corrected chi connectivity index (χ4v) is 2.05. The second-order valence-electron chi connectivity index (χ2n) is 2.76. The van der Waals surface area contributed by atoms with Crippen molar-refractivity contribution in [2.45, 2.75) is 24.8 Å². The van der Waals surface area contributed by atoms with Crippen molar-refractivity contribution < 1.29 is 0 Å². The zero-order chi connectivity index (χ0) is 8.97. The number of nitrogens with two attached hydrogens (primary N) is 1. The molecule has 0 amide bonds. The van der Waals surface area contributed by atoms with Crippen LogP contribution in [0.15, 0.2) is 29.2 Å². The summed E-state index contributed by atoms with van der Waals surface area (Å²) in [4.78, 5) is 1.31. The first-order valence-electron chi connectivity index (χ1n) is 4.23. The molecule has 2 N–H and O–H groups in total. The maximum Gasteiger partial charge on any atom is 0.0277 e. The van der Waals surface area contributed by atoms with E-state index in [-0.39, 0.29) is 6.04 Å². The summed E-state index contributed by atoms with van der Waals surface area (Å²) >= 11 is 1.85. The number of rotatable bonds is 3. The molecule has 2 heteroatoms. The van der Waals surface area contributed by atoms with Crippen LogP contribution in [-0.2, 0) is 0 Å². The Balaban J connectivity index is 2.92. The molecule has 0 radical (unpaired) electrons. The van der Waals surface area contributed by atoms with Crippen molar-refractivity contribution in [1.29, 1.82) is 0 Å². The molecule has 0 aromatic heterocycles. The Morgan fingerprint density at radius 2 is 2.08 bits per heavy atom. The van der Waals surface area contributed by atoms with E-state index in [2.05, 4.69) is 25.1 Å². The van der Waals surface area contributed by atoms with E-state index in [1.165, 1.54) is 10.5 Å². The molecule has 0 saturated heterocycles. The molecule has 0 aliphatic heterocycles. The second kappa shape index (κ2) is 4.53. The molecule has 1 nitrogen and oxygen atoms in total. The van der Waals surface area contributed by atoms with E-state index in [0.29, 0.717) is 0 Å². The summed E-state index contributed by atoms with van der Waals surface area (Å²) in [5, 5.41) is 0. The third-order valence-corrected chi connectivity index (χ3v) is 2.68. The summed E-state index contributed by atoms with van der Waals surface area (Å²) < 4.78 is 0. The number of hydrogen-bond acceptors (Lipinski definition) is 2. The van der Waals surface area contributed by atoms with Gasteiger partial charge in [0.2, 0.25) is 0 Å². The van der Waals surface area contributed by atoms with Crippen molar-refractivity contribution in [3.63, 3.8) is 0 Å². The molecule has 12 heavy (non-hydrogen) atoms. The topological polar surface area (TPSA) is 26.0 Å². The van der Waals surface area contributed by atoms with Gasteiger partial charge in [0.15, 0.2) is 0 Å². The van der Waals surface area contributed by atoms with E-state index in [9.17, 15) is 0 Å². The minimum Gasteiger partial charge on any atom is -0.324 e. The molecule has 0 aliphatic rings. The molecule has 0 spiro atoms. The number of thioether (sulfide) groups is 1. The molecule has 0 saturated carbocycles. The van der Waals surface area contributed by atoms with Crippen LogP contribution in [0.25, 0.3) is 0 Å². The van der Waals surface area contributed by atoms with Gasteiger partial charge in [-0.05, 0) is 24.3 Å². The van der Waals surface area contributed by atoms with Gasteiger partial charge in [0.05, 0.1) is 0 Å². The lowest BCUT2D eigenvalue weighted by Gasteiger charge is -2.10. The van der Waals surface area contributed by atoms with Crippen LogP contribution in [0.2, 0.25) is 0 Å².